The minimum atomic E-state index is -0.670. The third-order valence-electron chi connectivity index (χ3n) is 3.46. The van der Waals surface area contributed by atoms with Crippen LogP contribution in [0.5, 0.6) is 0 Å². The van der Waals surface area contributed by atoms with Gasteiger partial charge in [-0.15, -0.1) is 0 Å². The first kappa shape index (κ1) is 14.0. The minimum Gasteiger partial charge on any atom is -0.387 e. The standard InChI is InChI=1S/C15H21NO3/c1-2-11-5-7-12(8-6-11)13(17)10-16-15(18)14-4-3-9-19-14/h5-8,13-14,17H,2-4,9-10H2,1H3,(H,16,18). The Balaban J connectivity index is 1.82. The van der Waals surface area contributed by atoms with Crippen LogP contribution in [0.4, 0.5) is 0 Å². The zero-order chi connectivity index (χ0) is 13.7. The molecule has 4 nitrogen and oxygen atoms in total. The number of nitrogens with one attached hydrogen (secondary N) is 1. The van der Waals surface area contributed by atoms with Gasteiger partial charge in [-0.3, -0.25) is 4.79 Å². The molecule has 0 aliphatic carbocycles. The van der Waals surface area contributed by atoms with E-state index >= 15 is 0 Å². The van der Waals surface area contributed by atoms with Gasteiger partial charge in [0.1, 0.15) is 6.10 Å². The fourth-order valence-electron chi connectivity index (χ4n) is 2.19. The molecule has 0 radical (unpaired) electrons. The van der Waals surface area contributed by atoms with Crippen LogP contribution < -0.4 is 5.32 Å². The van der Waals surface area contributed by atoms with Crippen molar-refractivity contribution in [1.82, 2.24) is 5.32 Å². The molecular weight excluding hydrogens is 242 g/mol. The number of hydrogen-bond acceptors (Lipinski definition) is 3. The maximum atomic E-state index is 11.7. The van der Waals surface area contributed by atoms with Crippen molar-refractivity contribution in [2.45, 2.75) is 38.4 Å². The van der Waals surface area contributed by atoms with Crippen LogP contribution in [-0.2, 0) is 16.0 Å². The summed E-state index contributed by atoms with van der Waals surface area (Å²) in [7, 11) is 0. The van der Waals surface area contributed by atoms with Crippen molar-refractivity contribution in [2.75, 3.05) is 13.2 Å². The van der Waals surface area contributed by atoms with Crippen molar-refractivity contribution in [3.05, 3.63) is 35.4 Å². The van der Waals surface area contributed by atoms with Crippen LogP contribution in [0, 0.1) is 0 Å². The SMILES string of the molecule is CCc1ccc(C(O)CNC(=O)C2CCCO2)cc1. The molecule has 0 aromatic heterocycles. The molecule has 1 aliphatic rings. The van der Waals surface area contributed by atoms with Crippen molar-refractivity contribution >= 4 is 5.91 Å². The maximum absolute atomic E-state index is 11.7. The fraction of sp³-hybridized carbons (Fsp3) is 0.533. The van der Waals surface area contributed by atoms with Gasteiger partial charge in [0.15, 0.2) is 0 Å². The van der Waals surface area contributed by atoms with Crippen LogP contribution in [0.15, 0.2) is 24.3 Å². The molecule has 2 rings (SSSR count). The zero-order valence-corrected chi connectivity index (χ0v) is 11.3. The molecule has 1 saturated heterocycles. The van der Waals surface area contributed by atoms with E-state index in [2.05, 4.69) is 12.2 Å². The van der Waals surface area contributed by atoms with Gasteiger partial charge in [-0.25, -0.2) is 0 Å². The first-order valence-electron chi connectivity index (χ1n) is 6.87. The second kappa shape index (κ2) is 6.68. The molecule has 2 unspecified atom stereocenters. The summed E-state index contributed by atoms with van der Waals surface area (Å²) in [6.45, 7) is 2.97. The summed E-state index contributed by atoms with van der Waals surface area (Å²) < 4.78 is 5.29. The van der Waals surface area contributed by atoms with Crippen molar-refractivity contribution in [2.24, 2.45) is 0 Å². The number of aliphatic hydroxyl groups excluding tert-OH is 1. The summed E-state index contributed by atoms with van der Waals surface area (Å²) in [6, 6.07) is 7.81. The Kier molecular flexibility index (Phi) is 4.93. The second-order valence-electron chi connectivity index (χ2n) is 4.86. The van der Waals surface area contributed by atoms with E-state index in [0.29, 0.717) is 6.61 Å². The smallest absolute Gasteiger partial charge is 0.249 e. The van der Waals surface area contributed by atoms with E-state index in [1.807, 2.05) is 24.3 Å². The topological polar surface area (TPSA) is 58.6 Å². The average molecular weight is 263 g/mol. The van der Waals surface area contributed by atoms with Crippen LogP contribution >= 0.6 is 0 Å². The van der Waals surface area contributed by atoms with E-state index in [1.165, 1.54) is 5.56 Å². The Bertz CT molecular complexity index is 410. The predicted molar refractivity (Wildman–Crippen MR) is 72.8 cm³/mol. The average Bonchev–Trinajstić information content (AvgIpc) is 2.98. The van der Waals surface area contributed by atoms with Crippen molar-refractivity contribution in [3.8, 4) is 0 Å². The van der Waals surface area contributed by atoms with Gasteiger partial charge in [-0.2, -0.15) is 0 Å². The van der Waals surface area contributed by atoms with E-state index < -0.39 is 6.10 Å². The minimum absolute atomic E-state index is 0.123. The lowest BCUT2D eigenvalue weighted by Crippen LogP contribution is -2.36. The van der Waals surface area contributed by atoms with E-state index in [1.54, 1.807) is 0 Å². The highest BCUT2D eigenvalue weighted by molar-refractivity contribution is 5.80. The Hall–Kier alpha value is -1.39. The summed E-state index contributed by atoms with van der Waals surface area (Å²) in [5.41, 5.74) is 2.06. The van der Waals surface area contributed by atoms with Gasteiger partial charge in [-0.1, -0.05) is 31.2 Å². The van der Waals surface area contributed by atoms with Crippen molar-refractivity contribution in [1.29, 1.82) is 0 Å². The number of rotatable bonds is 5. The molecule has 2 atom stereocenters. The Morgan fingerprint density at radius 2 is 2.21 bits per heavy atom. The van der Waals surface area contributed by atoms with Gasteiger partial charge in [-0.05, 0) is 30.4 Å². The number of hydrogen-bond donors (Lipinski definition) is 2. The monoisotopic (exact) mass is 263 g/mol. The Morgan fingerprint density at radius 1 is 1.47 bits per heavy atom. The molecule has 1 amide bonds. The van der Waals surface area contributed by atoms with Crippen LogP contribution in [0.2, 0.25) is 0 Å². The molecule has 2 N–H and O–H groups in total. The first-order valence-corrected chi connectivity index (χ1v) is 6.87. The lowest BCUT2D eigenvalue weighted by molar-refractivity contribution is -0.130. The van der Waals surface area contributed by atoms with E-state index in [9.17, 15) is 9.90 Å². The fourth-order valence-corrected chi connectivity index (χ4v) is 2.19. The summed E-state index contributed by atoms with van der Waals surface area (Å²) in [6.07, 6.45) is 1.67. The quantitative estimate of drug-likeness (QED) is 0.848. The molecule has 0 saturated carbocycles. The largest absolute Gasteiger partial charge is 0.387 e. The number of amides is 1. The molecule has 1 fully saturated rings. The number of aryl methyl sites for hydroxylation is 1. The molecule has 1 aromatic carbocycles. The van der Waals surface area contributed by atoms with Crippen molar-refractivity contribution in [3.63, 3.8) is 0 Å². The Labute approximate surface area is 113 Å². The molecule has 104 valence electrons. The van der Waals surface area contributed by atoms with Gasteiger partial charge in [0.2, 0.25) is 5.91 Å². The number of benzene rings is 1. The van der Waals surface area contributed by atoms with Crippen LogP contribution in [0.3, 0.4) is 0 Å². The molecule has 1 aliphatic heterocycles. The second-order valence-corrected chi connectivity index (χ2v) is 4.86. The highest BCUT2D eigenvalue weighted by Crippen LogP contribution is 2.15. The van der Waals surface area contributed by atoms with E-state index in [-0.39, 0.29) is 18.6 Å². The first-order chi connectivity index (χ1) is 9.20. The summed E-state index contributed by atoms with van der Waals surface area (Å²) in [5, 5.41) is 12.8. The highest BCUT2D eigenvalue weighted by Gasteiger charge is 2.23. The number of carbonyl (C=O) groups excluding carboxylic acids is 1. The molecule has 1 heterocycles. The van der Waals surface area contributed by atoms with Crippen molar-refractivity contribution < 1.29 is 14.6 Å². The predicted octanol–water partition coefficient (Wildman–Crippen LogP) is 1.58. The van der Waals surface area contributed by atoms with Gasteiger partial charge >= 0.3 is 0 Å². The highest BCUT2D eigenvalue weighted by atomic mass is 16.5. The molecule has 0 bridgehead atoms. The van der Waals surface area contributed by atoms with Crippen LogP contribution in [0.1, 0.15) is 37.0 Å². The maximum Gasteiger partial charge on any atom is 0.249 e. The van der Waals surface area contributed by atoms with E-state index in [0.717, 1.165) is 24.8 Å². The molecule has 4 heteroatoms. The number of ether oxygens (including phenoxy) is 1. The third kappa shape index (κ3) is 3.78. The Morgan fingerprint density at radius 3 is 2.79 bits per heavy atom. The summed E-state index contributed by atoms with van der Waals surface area (Å²) in [5.74, 6) is -0.123. The summed E-state index contributed by atoms with van der Waals surface area (Å²) in [4.78, 5) is 11.7. The summed E-state index contributed by atoms with van der Waals surface area (Å²) >= 11 is 0. The molecular formula is C15H21NO3. The lowest BCUT2D eigenvalue weighted by Gasteiger charge is -2.15. The van der Waals surface area contributed by atoms with Crippen LogP contribution in [0.25, 0.3) is 0 Å². The lowest BCUT2D eigenvalue weighted by atomic mass is 10.1. The molecule has 1 aromatic rings. The van der Waals surface area contributed by atoms with E-state index in [4.69, 9.17) is 4.74 Å². The third-order valence-corrected chi connectivity index (χ3v) is 3.46. The van der Waals surface area contributed by atoms with Gasteiger partial charge < -0.3 is 15.2 Å². The number of aliphatic hydroxyl groups is 1. The zero-order valence-electron chi connectivity index (χ0n) is 11.3. The molecule has 0 spiro atoms. The number of carbonyl (C=O) groups is 1. The normalized spacial score (nSPS) is 20.2. The van der Waals surface area contributed by atoms with Gasteiger partial charge in [0, 0.05) is 13.2 Å². The molecule has 19 heavy (non-hydrogen) atoms. The van der Waals surface area contributed by atoms with Gasteiger partial charge in [0.05, 0.1) is 6.10 Å². The van der Waals surface area contributed by atoms with Gasteiger partial charge in [0.25, 0.3) is 0 Å². The van der Waals surface area contributed by atoms with Crippen LogP contribution in [-0.4, -0.2) is 30.3 Å².